The van der Waals surface area contributed by atoms with Crippen molar-refractivity contribution >= 4 is 53.7 Å². The van der Waals surface area contributed by atoms with E-state index in [1.807, 2.05) is 6.07 Å². The SMILES string of the molecule is CP(C)c1ccccc1Nc1nc(Nc2ccc3c(c2)NCCC3)ncc1Cl. The highest BCUT2D eigenvalue weighted by Crippen LogP contribution is 2.31. The van der Waals surface area contributed by atoms with Crippen molar-refractivity contribution in [2.24, 2.45) is 0 Å². The van der Waals surface area contributed by atoms with Gasteiger partial charge in [0.25, 0.3) is 0 Å². The zero-order valence-electron chi connectivity index (χ0n) is 16.0. The van der Waals surface area contributed by atoms with Gasteiger partial charge in [0, 0.05) is 23.6 Å². The summed E-state index contributed by atoms with van der Waals surface area (Å²) in [7, 11) is -0.246. The van der Waals surface area contributed by atoms with E-state index in [0.29, 0.717) is 16.8 Å². The predicted molar refractivity (Wildman–Crippen MR) is 122 cm³/mol. The summed E-state index contributed by atoms with van der Waals surface area (Å²) in [5.41, 5.74) is 4.51. The lowest BCUT2D eigenvalue weighted by atomic mass is 10.0. The van der Waals surface area contributed by atoms with E-state index in [1.165, 1.54) is 23.0 Å². The van der Waals surface area contributed by atoms with Crippen LogP contribution in [0.15, 0.2) is 48.7 Å². The molecule has 0 saturated heterocycles. The molecule has 3 N–H and O–H groups in total. The molecule has 3 aromatic rings. The number of nitrogens with one attached hydrogen (secondary N) is 3. The van der Waals surface area contributed by atoms with Crippen molar-refractivity contribution in [3.63, 3.8) is 0 Å². The molecule has 5 nitrogen and oxygen atoms in total. The second-order valence-corrected chi connectivity index (χ2v) is 9.63. The quantitative estimate of drug-likeness (QED) is 0.494. The van der Waals surface area contributed by atoms with E-state index in [4.69, 9.17) is 11.6 Å². The summed E-state index contributed by atoms with van der Waals surface area (Å²) < 4.78 is 0. The predicted octanol–water partition coefficient (Wildman–Crippen LogP) is 5.34. The fourth-order valence-corrected chi connectivity index (χ4v) is 4.41. The highest BCUT2D eigenvalue weighted by atomic mass is 35.5. The number of rotatable bonds is 5. The topological polar surface area (TPSA) is 61.9 Å². The van der Waals surface area contributed by atoms with E-state index in [1.54, 1.807) is 6.20 Å². The van der Waals surface area contributed by atoms with Crippen LogP contribution in [0.5, 0.6) is 0 Å². The van der Waals surface area contributed by atoms with E-state index in [9.17, 15) is 0 Å². The number of fused-ring (bicyclic) bond motifs is 1. The number of hydrogen-bond acceptors (Lipinski definition) is 5. The van der Waals surface area contributed by atoms with Crippen LogP contribution < -0.4 is 21.3 Å². The van der Waals surface area contributed by atoms with Crippen LogP contribution in [0.3, 0.4) is 0 Å². The van der Waals surface area contributed by atoms with Gasteiger partial charge in [-0.2, -0.15) is 4.98 Å². The smallest absolute Gasteiger partial charge is 0.229 e. The number of benzene rings is 2. The first-order valence-corrected chi connectivity index (χ1v) is 11.9. The third-order valence-corrected chi connectivity index (χ3v) is 6.32. The van der Waals surface area contributed by atoms with Crippen LogP contribution in [0.25, 0.3) is 0 Å². The zero-order valence-corrected chi connectivity index (χ0v) is 17.6. The minimum atomic E-state index is -0.246. The molecule has 7 heteroatoms. The molecule has 144 valence electrons. The van der Waals surface area contributed by atoms with Gasteiger partial charge in [-0.05, 0) is 55.2 Å². The lowest BCUT2D eigenvalue weighted by Crippen LogP contribution is -2.12. The molecule has 0 bridgehead atoms. The number of nitrogens with zero attached hydrogens (tertiary/aromatic N) is 2. The Kier molecular flexibility index (Phi) is 5.65. The summed E-state index contributed by atoms with van der Waals surface area (Å²) in [4.78, 5) is 8.93. The Bertz CT molecular complexity index is 992. The Labute approximate surface area is 171 Å². The van der Waals surface area contributed by atoms with E-state index < -0.39 is 0 Å². The molecular weight excluding hydrogens is 389 g/mol. The first kappa shape index (κ1) is 19.0. The van der Waals surface area contributed by atoms with Crippen molar-refractivity contribution in [1.29, 1.82) is 0 Å². The maximum atomic E-state index is 6.36. The fourth-order valence-electron chi connectivity index (χ4n) is 3.28. The summed E-state index contributed by atoms with van der Waals surface area (Å²) >= 11 is 6.36. The summed E-state index contributed by atoms with van der Waals surface area (Å²) in [5.74, 6) is 1.11. The number of halogens is 1. The average Bonchev–Trinajstić information content (AvgIpc) is 2.71. The second kappa shape index (κ2) is 8.34. The molecular formula is C21H23ClN5P. The highest BCUT2D eigenvalue weighted by Gasteiger charge is 2.12. The molecule has 0 aliphatic carbocycles. The Morgan fingerprint density at radius 2 is 1.96 bits per heavy atom. The molecule has 0 atom stereocenters. The second-order valence-electron chi connectivity index (χ2n) is 6.95. The van der Waals surface area contributed by atoms with E-state index >= 15 is 0 Å². The van der Waals surface area contributed by atoms with Gasteiger partial charge in [-0.3, -0.25) is 0 Å². The average molecular weight is 412 g/mol. The Balaban J connectivity index is 1.58. The normalized spacial score (nSPS) is 13.0. The molecule has 0 fully saturated rings. The first-order chi connectivity index (χ1) is 13.6. The third kappa shape index (κ3) is 4.21. The molecule has 1 aliphatic rings. The van der Waals surface area contributed by atoms with Gasteiger partial charge >= 0.3 is 0 Å². The molecule has 1 aliphatic heterocycles. The van der Waals surface area contributed by atoms with Gasteiger partial charge in [-0.25, -0.2) is 4.98 Å². The van der Waals surface area contributed by atoms with Gasteiger partial charge in [0.2, 0.25) is 5.95 Å². The Morgan fingerprint density at radius 1 is 1.11 bits per heavy atom. The van der Waals surface area contributed by atoms with Gasteiger partial charge in [-0.15, -0.1) is 0 Å². The molecule has 0 saturated carbocycles. The summed E-state index contributed by atoms with van der Waals surface area (Å²) in [6.07, 6.45) is 3.92. The zero-order chi connectivity index (χ0) is 19.5. The maximum absolute atomic E-state index is 6.36. The summed E-state index contributed by atoms with van der Waals surface area (Å²) in [6.45, 7) is 5.47. The van der Waals surface area contributed by atoms with Crippen molar-refractivity contribution < 1.29 is 0 Å². The standard InChI is InChI=1S/C21H23ClN5P/c1-28(2)19-8-4-3-7-17(19)26-20-16(22)13-24-21(27-20)25-15-10-9-14-6-5-11-23-18(14)12-15/h3-4,7-10,12-13,23H,5-6,11H2,1-2H3,(H2,24,25,26,27). The number of aryl methyl sites for hydroxylation is 1. The van der Waals surface area contributed by atoms with Crippen molar-refractivity contribution in [2.75, 3.05) is 35.8 Å². The minimum absolute atomic E-state index is 0.246. The number of anilines is 5. The van der Waals surface area contributed by atoms with Crippen LogP contribution in [0.4, 0.5) is 28.8 Å². The fraction of sp³-hybridized carbons (Fsp3) is 0.238. The molecule has 0 amide bonds. The van der Waals surface area contributed by atoms with Gasteiger partial charge in [-0.1, -0.05) is 43.8 Å². The van der Waals surface area contributed by atoms with Gasteiger partial charge < -0.3 is 16.0 Å². The Hall–Kier alpha value is -2.36. The monoisotopic (exact) mass is 411 g/mol. The molecule has 0 spiro atoms. The number of para-hydroxylation sites is 1. The largest absolute Gasteiger partial charge is 0.385 e. The van der Waals surface area contributed by atoms with Crippen LogP contribution in [0, 0.1) is 0 Å². The lowest BCUT2D eigenvalue weighted by Gasteiger charge is -2.19. The molecule has 28 heavy (non-hydrogen) atoms. The first-order valence-electron chi connectivity index (χ1n) is 9.30. The van der Waals surface area contributed by atoms with E-state index in [2.05, 4.69) is 75.6 Å². The van der Waals surface area contributed by atoms with Crippen molar-refractivity contribution in [3.8, 4) is 0 Å². The van der Waals surface area contributed by atoms with Crippen molar-refractivity contribution in [1.82, 2.24) is 9.97 Å². The van der Waals surface area contributed by atoms with Crippen LogP contribution >= 0.6 is 19.5 Å². The van der Waals surface area contributed by atoms with Crippen LogP contribution in [0.1, 0.15) is 12.0 Å². The van der Waals surface area contributed by atoms with Crippen LogP contribution in [-0.2, 0) is 6.42 Å². The van der Waals surface area contributed by atoms with Gasteiger partial charge in [0.1, 0.15) is 5.02 Å². The van der Waals surface area contributed by atoms with Crippen molar-refractivity contribution in [2.45, 2.75) is 12.8 Å². The maximum Gasteiger partial charge on any atom is 0.229 e. The van der Waals surface area contributed by atoms with Crippen LogP contribution in [-0.4, -0.2) is 29.8 Å². The van der Waals surface area contributed by atoms with Gasteiger partial charge in [0.05, 0.1) is 6.20 Å². The van der Waals surface area contributed by atoms with Crippen LogP contribution in [0.2, 0.25) is 5.02 Å². The molecule has 4 rings (SSSR count). The summed E-state index contributed by atoms with van der Waals surface area (Å²) in [5, 5.41) is 11.9. The molecule has 2 heterocycles. The number of hydrogen-bond donors (Lipinski definition) is 3. The summed E-state index contributed by atoms with van der Waals surface area (Å²) in [6, 6.07) is 14.6. The number of aromatic nitrogens is 2. The molecule has 0 radical (unpaired) electrons. The molecule has 0 unspecified atom stereocenters. The lowest BCUT2D eigenvalue weighted by molar-refractivity contribution is 0.830. The molecule has 2 aromatic carbocycles. The molecule has 1 aromatic heterocycles. The minimum Gasteiger partial charge on any atom is -0.385 e. The highest BCUT2D eigenvalue weighted by molar-refractivity contribution is 7.64. The third-order valence-electron chi connectivity index (χ3n) is 4.69. The van der Waals surface area contributed by atoms with E-state index in [0.717, 1.165) is 24.3 Å². The van der Waals surface area contributed by atoms with Gasteiger partial charge in [0.15, 0.2) is 5.82 Å². The Morgan fingerprint density at radius 3 is 2.82 bits per heavy atom. The van der Waals surface area contributed by atoms with Crippen molar-refractivity contribution in [3.05, 3.63) is 59.2 Å². The van der Waals surface area contributed by atoms with E-state index in [-0.39, 0.29) is 7.92 Å².